The summed E-state index contributed by atoms with van der Waals surface area (Å²) < 4.78 is 0. The summed E-state index contributed by atoms with van der Waals surface area (Å²) in [6, 6.07) is 0. The second-order valence-electron chi connectivity index (χ2n) is 12.5. The van der Waals surface area contributed by atoms with Crippen LogP contribution in [0.3, 0.4) is 0 Å². The zero-order valence-electron chi connectivity index (χ0n) is 20.4. The maximum absolute atomic E-state index is 13.2. The van der Waals surface area contributed by atoms with E-state index in [-0.39, 0.29) is 40.3 Å². The fourth-order valence-electron chi connectivity index (χ4n) is 7.88. The molecule has 4 rings (SSSR count). The standard InChI is InChI=1S/C27H42O5/c1-16(22(29)9-10-24(2,3)31)18-8-13-27(32)20-15-23(30)21-14-17(28)6-11-25(21,4)19(20)7-12-26(18,27)5/h6,15-16,18-19,21-22,28-29,31-32H,7-14H2,1-5H3/t16?,18-,19?,21+,22-,25-,26-,27-/m1/s1. The maximum atomic E-state index is 13.2. The lowest BCUT2D eigenvalue weighted by molar-refractivity contribution is -0.135. The SMILES string of the molecule is CC([C@H](O)CCC(C)(C)O)[C@H]1CC[C@@]2(O)C3=CC(=O)[C@@H]4CC(O)=CC[C@]4(C)C3CC[C@]12C. The number of aliphatic hydroxyl groups excluding tert-OH is 2. The molecule has 0 saturated heterocycles. The van der Waals surface area contributed by atoms with E-state index < -0.39 is 17.3 Å². The number of carbonyl (C=O) groups excluding carboxylic acids is 1. The van der Waals surface area contributed by atoms with Crippen molar-refractivity contribution in [1.82, 2.24) is 0 Å². The van der Waals surface area contributed by atoms with Crippen LogP contribution < -0.4 is 0 Å². The molecule has 0 amide bonds. The second-order valence-corrected chi connectivity index (χ2v) is 12.5. The molecule has 5 heteroatoms. The first kappa shape index (κ1) is 24.0. The summed E-state index contributed by atoms with van der Waals surface area (Å²) >= 11 is 0. The number of aliphatic hydroxyl groups is 4. The van der Waals surface area contributed by atoms with Crippen molar-refractivity contribution in [3.63, 3.8) is 0 Å². The molecule has 0 spiro atoms. The van der Waals surface area contributed by atoms with Crippen LogP contribution in [0, 0.1) is 34.5 Å². The maximum Gasteiger partial charge on any atom is 0.159 e. The van der Waals surface area contributed by atoms with Gasteiger partial charge in [0.25, 0.3) is 0 Å². The minimum absolute atomic E-state index is 0.00529. The van der Waals surface area contributed by atoms with Gasteiger partial charge in [-0.05, 0) is 99.7 Å². The Hall–Kier alpha value is -1.17. The third-order valence-electron chi connectivity index (χ3n) is 10.1. The van der Waals surface area contributed by atoms with Gasteiger partial charge in [0.1, 0.15) is 0 Å². The summed E-state index contributed by atoms with van der Waals surface area (Å²) in [5, 5.41) is 43.3. The van der Waals surface area contributed by atoms with Gasteiger partial charge in [-0.25, -0.2) is 0 Å². The van der Waals surface area contributed by atoms with E-state index >= 15 is 0 Å². The number of fused-ring (bicyclic) bond motifs is 5. The molecule has 4 aliphatic carbocycles. The van der Waals surface area contributed by atoms with Crippen molar-refractivity contribution < 1.29 is 25.2 Å². The van der Waals surface area contributed by atoms with E-state index in [1.165, 1.54) is 0 Å². The molecule has 0 aromatic carbocycles. The molecule has 4 aliphatic rings. The number of hydrogen-bond acceptors (Lipinski definition) is 5. The molecule has 0 heterocycles. The summed E-state index contributed by atoms with van der Waals surface area (Å²) in [6.07, 6.45) is 8.43. The van der Waals surface area contributed by atoms with Crippen molar-refractivity contribution in [1.29, 1.82) is 0 Å². The van der Waals surface area contributed by atoms with Crippen LogP contribution in [-0.2, 0) is 4.79 Å². The van der Waals surface area contributed by atoms with Crippen molar-refractivity contribution in [3.05, 3.63) is 23.5 Å². The van der Waals surface area contributed by atoms with Crippen LogP contribution >= 0.6 is 0 Å². The summed E-state index contributed by atoms with van der Waals surface area (Å²) in [4.78, 5) is 13.2. The number of allylic oxidation sites excluding steroid dienone is 3. The molecular formula is C27H42O5. The van der Waals surface area contributed by atoms with Gasteiger partial charge in [0.15, 0.2) is 5.78 Å². The number of carbonyl (C=O) groups is 1. The third-order valence-corrected chi connectivity index (χ3v) is 10.1. The van der Waals surface area contributed by atoms with E-state index in [0.29, 0.717) is 37.9 Å². The Morgan fingerprint density at radius 3 is 2.53 bits per heavy atom. The Kier molecular flexibility index (Phi) is 5.75. The van der Waals surface area contributed by atoms with Crippen LogP contribution in [0.25, 0.3) is 0 Å². The van der Waals surface area contributed by atoms with E-state index in [9.17, 15) is 25.2 Å². The first-order valence-electron chi connectivity index (χ1n) is 12.5. The van der Waals surface area contributed by atoms with Gasteiger partial charge in [-0.2, -0.15) is 0 Å². The first-order valence-corrected chi connectivity index (χ1v) is 12.5. The number of ketones is 1. The van der Waals surface area contributed by atoms with Gasteiger partial charge in [-0.3, -0.25) is 4.79 Å². The van der Waals surface area contributed by atoms with Crippen LogP contribution in [0.5, 0.6) is 0 Å². The molecule has 2 saturated carbocycles. The van der Waals surface area contributed by atoms with Crippen LogP contribution in [0.1, 0.15) is 86.0 Å². The minimum atomic E-state index is -1.03. The summed E-state index contributed by atoms with van der Waals surface area (Å²) in [6.45, 7) is 9.93. The van der Waals surface area contributed by atoms with Crippen LogP contribution in [-0.4, -0.2) is 43.5 Å². The highest BCUT2D eigenvalue weighted by Gasteiger charge is 2.66. The Labute approximate surface area is 192 Å². The molecule has 4 N–H and O–H groups in total. The van der Waals surface area contributed by atoms with Crippen molar-refractivity contribution in [2.45, 2.75) is 103 Å². The number of hydrogen-bond donors (Lipinski definition) is 4. The molecule has 0 bridgehead atoms. The molecule has 0 aromatic rings. The van der Waals surface area contributed by atoms with Gasteiger partial charge < -0.3 is 20.4 Å². The molecule has 0 aliphatic heterocycles. The largest absolute Gasteiger partial charge is 0.513 e. The predicted molar refractivity (Wildman–Crippen MR) is 124 cm³/mol. The highest BCUT2D eigenvalue weighted by molar-refractivity contribution is 5.95. The minimum Gasteiger partial charge on any atom is -0.513 e. The van der Waals surface area contributed by atoms with Crippen molar-refractivity contribution in [2.24, 2.45) is 34.5 Å². The van der Waals surface area contributed by atoms with Crippen LogP contribution in [0.15, 0.2) is 23.5 Å². The topological polar surface area (TPSA) is 98.0 Å². The van der Waals surface area contributed by atoms with E-state index in [1.807, 2.05) is 6.08 Å². The number of rotatable bonds is 5. The summed E-state index contributed by atoms with van der Waals surface area (Å²) in [7, 11) is 0. The average molecular weight is 447 g/mol. The Balaban J connectivity index is 1.62. The van der Waals surface area contributed by atoms with Crippen molar-refractivity contribution in [2.75, 3.05) is 0 Å². The van der Waals surface area contributed by atoms with Crippen molar-refractivity contribution >= 4 is 5.78 Å². The monoisotopic (exact) mass is 446 g/mol. The molecular weight excluding hydrogens is 404 g/mol. The molecule has 8 atom stereocenters. The molecule has 0 radical (unpaired) electrons. The van der Waals surface area contributed by atoms with Crippen molar-refractivity contribution in [3.8, 4) is 0 Å². The van der Waals surface area contributed by atoms with Gasteiger partial charge in [-0.15, -0.1) is 0 Å². The van der Waals surface area contributed by atoms with Gasteiger partial charge in [0.2, 0.25) is 0 Å². The highest BCUT2D eigenvalue weighted by atomic mass is 16.3. The van der Waals surface area contributed by atoms with Gasteiger partial charge in [0.05, 0.1) is 23.1 Å². The Morgan fingerprint density at radius 2 is 1.88 bits per heavy atom. The lowest BCUT2D eigenvalue weighted by Gasteiger charge is -2.59. The summed E-state index contributed by atoms with van der Waals surface area (Å²) in [5.74, 6) is 0.438. The van der Waals surface area contributed by atoms with E-state index in [2.05, 4.69) is 20.8 Å². The highest BCUT2D eigenvalue weighted by Crippen LogP contribution is 2.68. The van der Waals surface area contributed by atoms with E-state index in [4.69, 9.17) is 0 Å². The normalized spacial score (nSPS) is 43.5. The van der Waals surface area contributed by atoms with E-state index in [1.54, 1.807) is 19.9 Å². The molecule has 5 nitrogen and oxygen atoms in total. The molecule has 0 aromatic heterocycles. The van der Waals surface area contributed by atoms with Crippen LogP contribution in [0.4, 0.5) is 0 Å². The van der Waals surface area contributed by atoms with E-state index in [0.717, 1.165) is 24.8 Å². The average Bonchev–Trinajstić information content (AvgIpc) is 2.98. The lowest BCUT2D eigenvalue weighted by Crippen LogP contribution is -2.58. The van der Waals surface area contributed by atoms with Gasteiger partial charge >= 0.3 is 0 Å². The molecule has 32 heavy (non-hydrogen) atoms. The fourth-order valence-corrected chi connectivity index (χ4v) is 7.88. The van der Waals surface area contributed by atoms with Gasteiger partial charge in [0, 0.05) is 17.8 Å². The predicted octanol–water partition coefficient (Wildman–Crippen LogP) is 4.46. The quantitative estimate of drug-likeness (QED) is 0.500. The molecule has 2 fully saturated rings. The van der Waals surface area contributed by atoms with Gasteiger partial charge in [-0.1, -0.05) is 20.8 Å². The Bertz CT molecular complexity index is 837. The fraction of sp³-hybridized carbons (Fsp3) is 0.815. The Morgan fingerprint density at radius 1 is 1.19 bits per heavy atom. The smallest absolute Gasteiger partial charge is 0.159 e. The third kappa shape index (κ3) is 3.50. The first-order chi connectivity index (χ1) is 14.7. The molecule has 180 valence electrons. The molecule has 2 unspecified atom stereocenters. The second kappa shape index (κ2) is 7.68. The van der Waals surface area contributed by atoms with Crippen LogP contribution in [0.2, 0.25) is 0 Å². The summed E-state index contributed by atoms with van der Waals surface area (Å²) in [5.41, 5.74) is -1.58. The zero-order valence-corrected chi connectivity index (χ0v) is 20.4. The lowest BCUT2D eigenvalue weighted by atomic mass is 9.46. The zero-order chi connectivity index (χ0) is 23.7.